The van der Waals surface area contributed by atoms with Crippen LogP contribution in [0.15, 0.2) is 83.8 Å². The normalized spacial score (nSPS) is 16.0. The van der Waals surface area contributed by atoms with E-state index in [1.54, 1.807) is 7.11 Å². The molecule has 3 heterocycles. The highest BCUT2D eigenvalue weighted by Crippen LogP contribution is 2.36. The standard InChI is InChI=1S/C32H36N4O2/c1-22-10-8-13-26(18-22)31-28(20-29(32(37)35(31)3)36-17-9-14-27(36)21-38-4)25-15-16-33-30(19-25)34-23(2)24-11-6-5-7-12-24/h5-8,10-13,15-16,18-20,23,27H,9,14,17,21H2,1-4H3,(H,33,34). The maximum Gasteiger partial charge on any atom is 0.274 e. The fraction of sp³-hybridized carbons (Fsp3) is 0.312. The summed E-state index contributed by atoms with van der Waals surface area (Å²) < 4.78 is 7.30. The van der Waals surface area contributed by atoms with Gasteiger partial charge in [0.25, 0.3) is 5.56 Å². The molecule has 6 nitrogen and oxygen atoms in total. The highest BCUT2D eigenvalue weighted by molar-refractivity contribution is 5.84. The predicted molar refractivity (Wildman–Crippen MR) is 156 cm³/mol. The molecule has 0 spiro atoms. The molecule has 1 aliphatic rings. The summed E-state index contributed by atoms with van der Waals surface area (Å²) in [4.78, 5) is 20.6. The van der Waals surface area contributed by atoms with Gasteiger partial charge in [-0.25, -0.2) is 4.98 Å². The van der Waals surface area contributed by atoms with E-state index in [1.165, 1.54) is 5.56 Å². The summed E-state index contributed by atoms with van der Waals surface area (Å²) >= 11 is 0. The molecule has 0 radical (unpaired) electrons. The van der Waals surface area contributed by atoms with Crippen molar-refractivity contribution in [3.63, 3.8) is 0 Å². The SMILES string of the molecule is COCC1CCCN1c1cc(-c2ccnc(NC(C)c3ccccc3)c2)c(-c2cccc(C)c2)n(C)c1=O. The quantitative estimate of drug-likeness (QED) is 0.307. The molecule has 0 saturated carbocycles. The van der Waals surface area contributed by atoms with Crippen molar-refractivity contribution in [2.24, 2.45) is 7.05 Å². The number of benzene rings is 2. The summed E-state index contributed by atoms with van der Waals surface area (Å²) in [6.45, 7) is 5.67. The second-order valence-electron chi connectivity index (χ2n) is 10.2. The van der Waals surface area contributed by atoms with E-state index in [-0.39, 0.29) is 17.6 Å². The smallest absolute Gasteiger partial charge is 0.274 e. The largest absolute Gasteiger partial charge is 0.383 e. The van der Waals surface area contributed by atoms with Gasteiger partial charge in [0.2, 0.25) is 0 Å². The van der Waals surface area contributed by atoms with Gasteiger partial charge < -0.3 is 19.5 Å². The molecule has 4 aromatic rings. The molecule has 0 bridgehead atoms. The molecule has 2 aromatic carbocycles. The first-order valence-corrected chi connectivity index (χ1v) is 13.3. The number of nitrogens with zero attached hydrogens (tertiary/aromatic N) is 3. The Balaban J connectivity index is 1.63. The first kappa shape index (κ1) is 25.7. The van der Waals surface area contributed by atoms with Crippen LogP contribution in [0.3, 0.4) is 0 Å². The molecule has 5 rings (SSSR count). The zero-order chi connectivity index (χ0) is 26.6. The third-order valence-electron chi connectivity index (χ3n) is 7.47. The molecule has 6 heteroatoms. The minimum absolute atomic E-state index is 0.0124. The van der Waals surface area contributed by atoms with Crippen LogP contribution in [0.1, 0.15) is 36.9 Å². The van der Waals surface area contributed by atoms with Crippen LogP contribution in [-0.2, 0) is 11.8 Å². The van der Waals surface area contributed by atoms with Crippen molar-refractivity contribution in [1.29, 1.82) is 0 Å². The molecule has 1 saturated heterocycles. The molecular weight excluding hydrogens is 472 g/mol. The number of pyridine rings is 2. The van der Waals surface area contributed by atoms with E-state index in [1.807, 2.05) is 48.1 Å². The summed E-state index contributed by atoms with van der Waals surface area (Å²) in [7, 11) is 3.61. The zero-order valence-corrected chi connectivity index (χ0v) is 22.6. The van der Waals surface area contributed by atoms with Crippen LogP contribution in [0.2, 0.25) is 0 Å². The Morgan fingerprint density at radius 2 is 1.87 bits per heavy atom. The van der Waals surface area contributed by atoms with Crippen molar-refractivity contribution in [2.75, 3.05) is 30.5 Å². The van der Waals surface area contributed by atoms with Crippen molar-refractivity contribution in [3.8, 4) is 22.4 Å². The van der Waals surface area contributed by atoms with Crippen molar-refractivity contribution in [2.45, 2.75) is 38.8 Å². The lowest BCUT2D eigenvalue weighted by molar-refractivity contribution is 0.181. The lowest BCUT2D eigenvalue weighted by Gasteiger charge is -2.28. The van der Waals surface area contributed by atoms with Gasteiger partial charge >= 0.3 is 0 Å². The van der Waals surface area contributed by atoms with Crippen molar-refractivity contribution >= 4 is 11.5 Å². The van der Waals surface area contributed by atoms with Gasteiger partial charge in [0, 0.05) is 38.5 Å². The molecule has 0 amide bonds. The molecule has 1 aliphatic heterocycles. The fourth-order valence-electron chi connectivity index (χ4n) is 5.53. The number of aromatic nitrogens is 2. The molecular formula is C32H36N4O2. The number of hydrogen-bond donors (Lipinski definition) is 1. The number of methoxy groups -OCH3 is 1. The van der Waals surface area contributed by atoms with Gasteiger partial charge in [-0.1, -0.05) is 54.1 Å². The van der Waals surface area contributed by atoms with E-state index in [4.69, 9.17) is 4.74 Å². The van der Waals surface area contributed by atoms with Gasteiger partial charge in [-0.15, -0.1) is 0 Å². The fourth-order valence-corrected chi connectivity index (χ4v) is 5.53. The lowest BCUT2D eigenvalue weighted by Crippen LogP contribution is -2.38. The Morgan fingerprint density at radius 1 is 1.05 bits per heavy atom. The maximum absolute atomic E-state index is 13.8. The Bertz CT molecular complexity index is 1460. The first-order chi connectivity index (χ1) is 18.5. The topological polar surface area (TPSA) is 59.4 Å². The molecule has 2 unspecified atom stereocenters. The zero-order valence-electron chi connectivity index (χ0n) is 22.6. The van der Waals surface area contributed by atoms with Gasteiger partial charge in [0.15, 0.2) is 0 Å². The van der Waals surface area contributed by atoms with E-state index in [0.717, 1.165) is 58.8 Å². The van der Waals surface area contributed by atoms with E-state index in [0.29, 0.717) is 6.61 Å². The summed E-state index contributed by atoms with van der Waals surface area (Å²) in [6, 6.07) is 25.2. The van der Waals surface area contributed by atoms with Crippen LogP contribution >= 0.6 is 0 Å². The van der Waals surface area contributed by atoms with Gasteiger partial charge in [-0.05, 0) is 67.6 Å². The lowest BCUT2D eigenvalue weighted by atomic mass is 9.97. The van der Waals surface area contributed by atoms with Crippen LogP contribution in [0.4, 0.5) is 11.5 Å². The highest BCUT2D eigenvalue weighted by atomic mass is 16.5. The second kappa shape index (κ2) is 11.2. The summed E-state index contributed by atoms with van der Waals surface area (Å²) in [5.41, 5.74) is 7.03. The van der Waals surface area contributed by atoms with Crippen molar-refractivity contribution in [3.05, 3.63) is 100 Å². The van der Waals surface area contributed by atoms with E-state index >= 15 is 0 Å². The van der Waals surface area contributed by atoms with Gasteiger partial charge in [-0.2, -0.15) is 0 Å². The number of aryl methyl sites for hydroxylation is 1. The molecule has 196 valence electrons. The highest BCUT2D eigenvalue weighted by Gasteiger charge is 2.28. The average molecular weight is 509 g/mol. The molecule has 2 aromatic heterocycles. The van der Waals surface area contributed by atoms with Crippen LogP contribution < -0.4 is 15.8 Å². The van der Waals surface area contributed by atoms with E-state index in [2.05, 4.69) is 71.5 Å². The van der Waals surface area contributed by atoms with Gasteiger partial charge in [-0.3, -0.25) is 4.79 Å². The van der Waals surface area contributed by atoms with Crippen LogP contribution in [0.25, 0.3) is 22.4 Å². The first-order valence-electron chi connectivity index (χ1n) is 13.3. The molecule has 1 fully saturated rings. The van der Waals surface area contributed by atoms with Gasteiger partial charge in [0.05, 0.1) is 18.3 Å². The molecule has 1 N–H and O–H groups in total. The minimum atomic E-state index is 0.0124. The third kappa shape index (κ3) is 5.22. The predicted octanol–water partition coefficient (Wildman–Crippen LogP) is 6.21. The van der Waals surface area contributed by atoms with E-state index < -0.39 is 0 Å². The number of anilines is 2. The summed E-state index contributed by atoms with van der Waals surface area (Å²) in [5, 5.41) is 3.55. The second-order valence-corrected chi connectivity index (χ2v) is 10.2. The molecule has 38 heavy (non-hydrogen) atoms. The van der Waals surface area contributed by atoms with Crippen LogP contribution in [-0.4, -0.2) is 35.9 Å². The van der Waals surface area contributed by atoms with Crippen molar-refractivity contribution in [1.82, 2.24) is 9.55 Å². The van der Waals surface area contributed by atoms with Gasteiger partial charge in [0.1, 0.15) is 11.5 Å². The monoisotopic (exact) mass is 508 g/mol. The number of hydrogen-bond acceptors (Lipinski definition) is 5. The van der Waals surface area contributed by atoms with Crippen LogP contribution in [0.5, 0.6) is 0 Å². The number of nitrogens with one attached hydrogen (secondary N) is 1. The third-order valence-corrected chi connectivity index (χ3v) is 7.47. The van der Waals surface area contributed by atoms with Crippen LogP contribution in [0, 0.1) is 6.92 Å². The Kier molecular flexibility index (Phi) is 7.61. The Hall–Kier alpha value is -3.90. The maximum atomic E-state index is 13.8. The summed E-state index contributed by atoms with van der Waals surface area (Å²) in [6.07, 6.45) is 3.91. The molecule has 2 atom stereocenters. The minimum Gasteiger partial charge on any atom is -0.383 e. The average Bonchev–Trinajstić information content (AvgIpc) is 3.39. The Labute approximate surface area is 224 Å². The number of ether oxygens (including phenoxy) is 1. The van der Waals surface area contributed by atoms with Crippen molar-refractivity contribution < 1.29 is 4.74 Å². The number of rotatable bonds is 8. The summed E-state index contributed by atoms with van der Waals surface area (Å²) in [5.74, 6) is 0.794. The van der Waals surface area contributed by atoms with E-state index in [9.17, 15) is 4.79 Å². The molecule has 0 aliphatic carbocycles. The Morgan fingerprint density at radius 3 is 2.63 bits per heavy atom.